The summed E-state index contributed by atoms with van der Waals surface area (Å²) in [6.07, 6.45) is 5.06. The normalized spacial score (nSPS) is 11.2. The zero-order chi connectivity index (χ0) is 11.5. The lowest BCUT2D eigenvalue weighted by atomic mass is 10.0. The van der Waals surface area contributed by atoms with Gasteiger partial charge in [0.2, 0.25) is 0 Å². The van der Waals surface area contributed by atoms with E-state index in [4.69, 9.17) is 5.11 Å². The Labute approximate surface area is 96.5 Å². The highest BCUT2D eigenvalue weighted by Gasteiger charge is 2.08. The first-order valence-electron chi connectivity index (χ1n) is 5.94. The van der Waals surface area contributed by atoms with Crippen LogP contribution >= 0.6 is 0 Å². The van der Waals surface area contributed by atoms with Gasteiger partial charge < -0.3 is 9.67 Å². The van der Waals surface area contributed by atoms with Gasteiger partial charge in [-0.2, -0.15) is 0 Å². The molecule has 0 saturated carbocycles. The number of nitrogens with zero attached hydrogens (tertiary/aromatic N) is 1. The number of hydrogen-bond donors (Lipinski definition) is 1. The van der Waals surface area contributed by atoms with Crippen LogP contribution in [0.1, 0.15) is 24.5 Å². The Balaban J connectivity index is 2.53. The lowest BCUT2D eigenvalue weighted by molar-refractivity contribution is 0.288. The molecule has 86 valence electrons. The van der Waals surface area contributed by atoms with E-state index in [1.807, 2.05) is 0 Å². The third-order valence-corrected chi connectivity index (χ3v) is 3.15. The van der Waals surface area contributed by atoms with Crippen LogP contribution in [0.15, 0.2) is 24.4 Å². The molecule has 0 aliphatic heterocycles. The van der Waals surface area contributed by atoms with Gasteiger partial charge >= 0.3 is 0 Å². The second kappa shape index (κ2) is 4.71. The molecule has 0 amide bonds. The first kappa shape index (κ1) is 11.2. The van der Waals surface area contributed by atoms with Crippen molar-refractivity contribution in [2.24, 2.45) is 7.05 Å². The van der Waals surface area contributed by atoms with E-state index in [2.05, 4.69) is 42.9 Å². The Bertz CT molecular complexity index is 485. The predicted molar refractivity (Wildman–Crippen MR) is 67.7 cm³/mol. The summed E-state index contributed by atoms with van der Waals surface area (Å²) >= 11 is 0. The molecule has 0 aliphatic carbocycles. The number of aliphatic hydroxyl groups excluding tert-OH is 1. The summed E-state index contributed by atoms with van der Waals surface area (Å²) in [5.41, 5.74) is 4.09. The van der Waals surface area contributed by atoms with Gasteiger partial charge in [0, 0.05) is 25.2 Å². The number of rotatable bonds is 4. The summed E-state index contributed by atoms with van der Waals surface area (Å²) in [7, 11) is 2.10. The fourth-order valence-electron chi connectivity index (χ4n) is 2.39. The third kappa shape index (κ3) is 1.85. The van der Waals surface area contributed by atoms with Crippen molar-refractivity contribution < 1.29 is 5.11 Å². The van der Waals surface area contributed by atoms with Crippen LogP contribution in [0, 0.1) is 0 Å². The van der Waals surface area contributed by atoms with Crippen molar-refractivity contribution in [2.75, 3.05) is 6.61 Å². The first-order chi connectivity index (χ1) is 7.77. The fraction of sp³-hybridized carbons (Fsp3) is 0.429. The minimum absolute atomic E-state index is 0.268. The average molecular weight is 217 g/mol. The predicted octanol–water partition coefficient (Wildman–Crippen LogP) is 2.67. The van der Waals surface area contributed by atoms with E-state index in [9.17, 15) is 0 Å². The molecule has 1 aromatic heterocycles. The second-order valence-corrected chi connectivity index (χ2v) is 4.26. The van der Waals surface area contributed by atoms with Gasteiger partial charge in [-0.05, 0) is 30.4 Å². The van der Waals surface area contributed by atoms with Gasteiger partial charge in [-0.3, -0.25) is 0 Å². The number of aliphatic hydroxyl groups is 1. The highest BCUT2D eigenvalue weighted by molar-refractivity contribution is 5.86. The maximum absolute atomic E-state index is 8.90. The van der Waals surface area contributed by atoms with E-state index < -0.39 is 0 Å². The monoisotopic (exact) mass is 217 g/mol. The van der Waals surface area contributed by atoms with Gasteiger partial charge in [-0.1, -0.05) is 25.1 Å². The maximum Gasteiger partial charge on any atom is 0.0512 e. The molecule has 0 aliphatic rings. The van der Waals surface area contributed by atoms with Gasteiger partial charge in [0.15, 0.2) is 0 Å². The van der Waals surface area contributed by atoms with Gasteiger partial charge in [-0.15, -0.1) is 0 Å². The molecular formula is C14H19NO. The molecule has 0 saturated heterocycles. The molecule has 0 bridgehead atoms. The minimum atomic E-state index is 0.268. The Morgan fingerprint density at radius 3 is 2.75 bits per heavy atom. The summed E-state index contributed by atoms with van der Waals surface area (Å²) in [5.74, 6) is 0. The zero-order valence-corrected chi connectivity index (χ0v) is 10.0. The van der Waals surface area contributed by atoms with E-state index >= 15 is 0 Å². The Morgan fingerprint density at radius 2 is 2.06 bits per heavy atom. The van der Waals surface area contributed by atoms with Crippen LogP contribution in [0.2, 0.25) is 0 Å². The van der Waals surface area contributed by atoms with Gasteiger partial charge in [0.1, 0.15) is 0 Å². The molecule has 16 heavy (non-hydrogen) atoms. The minimum Gasteiger partial charge on any atom is -0.396 e. The van der Waals surface area contributed by atoms with Crippen LogP contribution in [0.4, 0.5) is 0 Å². The van der Waals surface area contributed by atoms with Crippen molar-refractivity contribution in [1.82, 2.24) is 4.57 Å². The summed E-state index contributed by atoms with van der Waals surface area (Å²) in [6, 6.07) is 6.50. The third-order valence-electron chi connectivity index (χ3n) is 3.15. The molecule has 2 rings (SSSR count). The second-order valence-electron chi connectivity index (χ2n) is 4.26. The molecular weight excluding hydrogens is 198 g/mol. The lowest BCUT2D eigenvalue weighted by Gasteiger charge is -2.03. The van der Waals surface area contributed by atoms with Crippen LogP contribution in [-0.2, 0) is 19.9 Å². The van der Waals surface area contributed by atoms with Crippen molar-refractivity contribution >= 4 is 10.9 Å². The van der Waals surface area contributed by atoms with E-state index in [0.29, 0.717) is 0 Å². The van der Waals surface area contributed by atoms with Crippen LogP contribution in [0.3, 0.4) is 0 Å². The molecule has 0 atom stereocenters. The molecule has 1 N–H and O–H groups in total. The standard InChI is InChI=1S/C14H19NO/c1-3-11-6-4-8-13-12(7-5-9-16)10-15(2)14(11)13/h4,6,8,10,16H,3,5,7,9H2,1-2H3. The van der Waals surface area contributed by atoms with Crippen molar-refractivity contribution in [3.63, 3.8) is 0 Å². The molecule has 2 aromatic rings. The van der Waals surface area contributed by atoms with Crippen LogP contribution in [0.25, 0.3) is 10.9 Å². The summed E-state index contributed by atoms with van der Waals surface area (Å²) in [4.78, 5) is 0. The van der Waals surface area contributed by atoms with Crippen molar-refractivity contribution in [1.29, 1.82) is 0 Å². The topological polar surface area (TPSA) is 25.2 Å². The number of hydrogen-bond acceptors (Lipinski definition) is 1. The molecule has 1 heterocycles. The first-order valence-corrected chi connectivity index (χ1v) is 5.94. The Kier molecular flexibility index (Phi) is 3.30. The number of fused-ring (bicyclic) bond motifs is 1. The maximum atomic E-state index is 8.90. The van der Waals surface area contributed by atoms with Gasteiger partial charge in [0.25, 0.3) is 0 Å². The van der Waals surface area contributed by atoms with Crippen LogP contribution < -0.4 is 0 Å². The fourth-order valence-corrected chi connectivity index (χ4v) is 2.39. The van der Waals surface area contributed by atoms with Gasteiger partial charge in [-0.25, -0.2) is 0 Å². The Hall–Kier alpha value is -1.28. The molecule has 0 radical (unpaired) electrons. The molecule has 0 unspecified atom stereocenters. The van der Waals surface area contributed by atoms with E-state index in [-0.39, 0.29) is 6.61 Å². The molecule has 0 spiro atoms. The summed E-state index contributed by atoms with van der Waals surface area (Å²) in [5, 5.41) is 10.2. The molecule has 0 fully saturated rings. The lowest BCUT2D eigenvalue weighted by Crippen LogP contribution is -1.89. The smallest absolute Gasteiger partial charge is 0.0512 e. The van der Waals surface area contributed by atoms with E-state index in [0.717, 1.165) is 19.3 Å². The quantitative estimate of drug-likeness (QED) is 0.837. The number of benzene rings is 1. The average Bonchev–Trinajstić information content (AvgIpc) is 2.64. The van der Waals surface area contributed by atoms with Crippen molar-refractivity contribution in [2.45, 2.75) is 26.2 Å². The number of para-hydroxylation sites is 1. The SMILES string of the molecule is CCc1cccc2c(CCCO)cn(C)c12. The van der Waals surface area contributed by atoms with Crippen molar-refractivity contribution in [3.05, 3.63) is 35.5 Å². The van der Waals surface area contributed by atoms with Crippen LogP contribution in [-0.4, -0.2) is 16.3 Å². The number of aryl methyl sites for hydroxylation is 3. The van der Waals surface area contributed by atoms with E-state index in [1.165, 1.54) is 22.0 Å². The highest BCUT2D eigenvalue weighted by atomic mass is 16.2. The summed E-state index contributed by atoms with van der Waals surface area (Å²) < 4.78 is 2.21. The molecule has 2 nitrogen and oxygen atoms in total. The van der Waals surface area contributed by atoms with Crippen LogP contribution in [0.5, 0.6) is 0 Å². The Morgan fingerprint density at radius 1 is 1.25 bits per heavy atom. The largest absolute Gasteiger partial charge is 0.396 e. The zero-order valence-electron chi connectivity index (χ0n) is 10.0. The number of aromatic nitrogens is 1. The highest BCUT2D eigenvalue weighted by Crippen LogP contribution is 2.25. The summed E-state index contributed by atoms with van der Waals surface area (Å²) in [6.45, 7) is 2.46. The van der Waals surface area contributed by atoms with Crippen molar-refractivity contribution in [3.8, 4) is 0 Å². The molecule has 2 heteroatoms. The van der Waals surface area contributed by atoms with E-state index in [1.54, 1.807) is 0 Å². The van der Waals surface area contributed by atoms with Gasteiger partial charge in [0.05, 0.1) is 5.52 Å². The molecule has 1 aromatic carbocycles.